The SMILES string of the molecule is CCCn1cc(Oc2nc3sccn3c2C=O)cn1. The number of hydrogen-bond acceptors (Lipinski definition) is 5. The van der Waals surface area contributed by atoms with Gasteiger partial charge in [0, 0.05) is 18.1 Å². The predicted molar refractivity (Wildman–Crippen MR) is 71.0 cm³/mol. The standard InChI is InChI=1S/C12H12N4O2S/c1-2-3-15-7-9(6-13-15)18-11-10(8-17)16-4-5-19-12(16)14-11/h4-8H,2-3H2,1H3. The van der Waals surface area contributed by atoms with Gasteiger partial charge >= 0.3 is 0 Å². The summed E-state index contributed by atoms with van der Waals surface area (Å²) in [7, 11) is 0. The second-order valence-corrected chi connectivity index (χ2v) is 4.89. The molecule has 0 amide bonds. The van der Waals surface area contributed by atoms with Crippen LogP contribution in [0.2, 0.25) is 0 Å². The molecule has 0 spiro atoms. The summed E-state index contributed by atoms with van der Waals surface area (Å²) < 4.78 is 9.14. The minimum absolute atomic E-state index is 0.317. The summed E-state index contributed by atoms with van der Waals surface area (Å²) in [6.45, 7) is 2.92. The lowest BCUT2D eigenvalue weighted by Gasteiger charge is -1.99. The van der Waals surface area contributed by atoms with Crippen LogP contribution in [0.3, 0.4) is 0 Å². The van der Waals surface area contributed by atoms with Gasteiger partial charge in [-0.1, -0.05) is 6.92 Å². The van der Waals surface area contributed by atoms with Crippen LogP contribution in [0, 0.1) is 0 Å². The minimum Gasteiger partial charge on any atom is -0.434 e. The molecule has 0 bridgehead atoms. The molecular weight excluding hydrogens is 264 g/mol. The maximum atomic E-state index is 11.1. The Bertz CT molecular complexity index is 712. The zero-order chi connectivity index (χ0) is 13.2. The molecule has 98 valence electrons. The Balaban J connectivity index is 1.91. The molecule has 3 aromatic heterocycles. The highest BCUT2D eigenvalue weighted by Gasteiger charge is 2.15. The van der Waals surface area contributed by atoms with E-state index >= 15 is 0 Å². The molecule has 0 saturated heterocycles. The van der Waals surface area contributed by atoms with Gasteiger partial charge in [0.2, 0.25) is 5.88 Å². The molecule has 6 nitrogen and oxygen atoms in total. The largest absolute Gasteiger partial charge is 0.434 e. The average molecular weight is 276 g/mol. The highest BCUT2D eigenvalue weighted by atomic mass is 32.1. The number of imidazole rings is 1. The summed E-state index contributed by atoms with van der Waals surface area (Å²) in [6, 6.07) is 0. The number of carbonyl (C=O) groups excluding carboxylic acids is 1. The Kier molecular flexibility index (Phi) is 3.04. The fourth-order valence-corrected chi connectivity index (χ4v) is 2.54. The van der Waals surface area contributed by atoms with Crippen molar-refractivity contribution in [2.75, 3.05) is 0 Å². The first kappa shape index (κ1) is 11.9. The Morgan fingerprint density at radius 1 is 1.53 bits per heavy atom. The highest BCUT2D eigenvalue weighted by molar-refractivity contribution is 7.15. The Morgan fingerprint density at radius 2 is 2.42 bits per heavy atom. The number of aromatic nitrogens is 4. The van der Waals surface area contributed by atoms with E-state index in [-0.39, 0.29) is 0 Å². The van der Waals surface area contributed by atoms with Crippen molar-refractivity contribution in [2.24, 2.45) is 0 Å². The van der Waals surface area contributed by atoms with E-state index < -0.39 is 0 Å². The van der Waals surface area contributed by atoms with Gasteiger partial charge in [-0.25, -0.2) is 0 Å². The fraction of sp³-hybridized carbons (Fsp3) is 0.250. The molecule has 0 saturated carbocycles. The van der Waals surface area contributed by atoms with Crippen molar-refractivity contribution < 1.29 is 9.53 Å². The first-order valence-corrected chi connectivity index (χ1v) is 6.81. The lowest BCUT2D eigenvalue weighted by molar-refractivity contribution is 0.111. The molecule has 3 rings (SSSR count). The van der Waals surface area contributed by atoms with Gasteiger partial charge in [-0.05, 0) is 6.42 Å². The molecule has 7 heteroatoms. The normalized spacial score (nSPS) is 11.0. The lowest BCUT2D eigenvalue weighted by atomic mass is 10.5. The van der Waals surface area contributed by atoms with Crippen molar-refractivity contribution in [1.82, 2.24) is 19.2 Å². The zero-order valence-electron chi connectivity index (χ0n) is 10.3. The van der Waals surface area contributed by atoms with Gasteiger partial charge in [-0.2, -0.15) is 10.1 Å². The summed E-state index contributed by atoms with van der Waals surface area (Å²) in [5.41, 5.74) is 0.416. The number of fused-ring (bicyclic) bond motifs is 1. The summed E-state index contributed by atoms with van der Waals surface area (Å²) in [5.74, 6) is 0.903. The maximum Gasteiger partial charge on any atom is 0.250 e. The van der Waals surface area contributed by atoms with Gasteiger partial charge in [-0.15, -0.1) is 11.3 Å². The van der Waals surface area contributed by atoms with Crippen molar-refractivity contribution >= 4 is 22.6 Å². The van der Waals surface area contributed by atoms with E-state index in [1.54, 1.807) is 27.7 Å². The fourth-order valence-electron chi connectivity index (χ4n) is 1.83. The molecule has 19 heavy (non-hydrogen) atoms. The molecule has 0 unspecified atom stereocenters. The molecular formula is C12H12N4O2S. The molecule has 0 N–H and O–H groups in total. The molecule has 0 atom stereocenters. The molecule has 3 aromatic rings. The van der Waals surface area contributed by atoms with Crippen LogP contribution < -0.4 is 4.74 Å². The summed E-state index contributed by atoms with van der Waals surface area (Å²) in [5, 5.41) is 6.04. The number of rotatable bonds is 5. The van der Waals surface area contributed by atoms with Crippen LogP contribution in [0.4, 0.5) is 0 Å². The van der Waals surface area contributed by atoms with E-state index in [1.807, 2.05) is 5.38 Å². The lowest BCUT2D eigenvalue weighted by Crippen LogP contribution is -1.95. The van der Waals surface area contributed by atoms with Crippen LogP contribution in [-0.2, 0) is 6.54 Å². The zero-order valence-corrected chi connectivity index (χ0v) is 11.1. The van der Waals surface area contributed by atoms with Crippen LogP contribution in [0.5, 0.6) is 11.6 Å². The van der Waals surface area contributed by atoms with Crippen molar-refractivity contribution in [3.05, 3.63) is 29.7 Å². The molecule has 0 aliphatic carbocycles. The smallest absolute Gasteiger partial charge is 0.250 e. The van der Waals surface area contributed by atoms with Crippen molar-refractivity contribution in [1.29, 1.82) is 0 Å². The number of carbonyl (C=O) groups is 1. The Morgan fingerprint density at radius 3 is 3.21 bits per heavy atom. The van der Waals surface area contributed by atoms with E-state index in [1.165, 1.54) is 11.3 Å². The van der Waals surface area contributed by atoms with Crippen molar-refractivity contribution in [2.45, 2.75) is 19.9 Å². The van der Waals surface area contributed by atoms with E-state index in [0.29, 0.717) is 17.3 Å². The van der Waals surface area contributed by atoms with Crippen molar-refractivity contribution in [3.63, 3.8) is 0 Å². The predicted octanol–water partition coefficient (Wildman–Crippen LogP) is 2.61. The number of nitrogens with zero attached hydrogens (tertiary/aromatic N) is 4. The van der Waals surface area contributed by atoms with Gasteiger partial charge in [0.1, 0.15) is 0 Å². The van der Waals surface area contributed by atoms with Crippen LogP contribution >= 0.6 is 11.3 Å². The van der Waals surface area contributed by atoms with Crippen LogP contribution in [-0.4, -0.2) is 25.5 Å². The van der Waals surface area contributed by atoms with Crippen molar-refractivity contribution in [3.8, 4) is 11.6 Å². The molecule has 0 aliphatic heterocycles. The van der Waals surface area contributed by atoms with Crippen LogP contribution in [0.25, 0.3) is 4.96 Å². The van der Waals surface area contributed by atoms with Gasteiger partial charge in [0.25, 0.3) is 0 Å². The van der Waals surface area contributed by atoms with E-state index in [0.717, 1.165) is 24.2 Å². The second-order valence-electron chi connectivity index (χ2n) is 4.02. The quantitative estimate of drug-likeness (QED) is 0.672. The number of ether oxygens (including phenoxy) is 1. The number of thiazole rings is 1. The third kappa shape index (κ3) is 2.12. The van der Waals surface area contributed by atoms with Crippen LogP contribution in [0.15, 0.2) is 24.0 Å². The number of aldehydes is 1. The second kappa shape index (κ2) is 4.85. The highest BCUT2D eigenvalue weighted by Crippen LogP contribution is 2.26. The number of aryl methyl sites for hydroxylation is 1. The third-order valence-electron chi connectivity index (χ3n) is 2.65. The minimum atomic E-state index is 0.317. The first-order valence-electron chi connectivity index (χ1n) is 5.93. The van der Waals surface area contributed by atoms with Gasteiger partial charge in [0.05, 0.1) is 12.4 Å². The van der Waals surface area contributed by atoms with E-state index in [2.05, 4.69) is 17.0 Å². The van der Waals surface area contributed by atoms with E-state index in [4.69, 9.17) is 4.74 Å². The maximum absolute atomic E-state index is 11.1. The Hall–Kier alpha value is -2.15. The molecule has 0 aliphatic rings. The van der Waals surface area contributed by atoms with Crippen LogP contribution in [0.1, 0.15) is 23.8 Å². The molecule has 0 fully saturated rings. The first-order chi connectivity index (χ1) is 9.31. The Labute approximate surface area is 113 Å². The number of hydrogen-bond donors (Lipinski definition) is 0. The molecule has 3 heterocycles. The molecule has 0 radical (unpaired) electrons. The van der Waals surface area contributed by atoms with Gasteiger partial charge < -0.3 is 4.74 Å². The monoisotopic (exact) mass is 276 g/mol. The third-order valence-corrected chi connectivity index (χ3v) is 3.41. The van der Waals surface area contributed by atoms with Gasteiger partial charge in [0.15, 0.2) is 22.7 Å². The van der Waals surface area contributed by atoms with E-state index in [9.17, 15) is 4.79 Å². The summed E-state index contributed by atoms with van der Waals surface area (Å²) >= 11 is 1.45. The topological polar surface area (TPSA) is 61.4 Å². The van der Waals surface area contributed by atoms with Gasteiger partial charge in [-0.3, -0.25) is 13.9 Å². The summed E-state index contributed by atoms with van der Waals surface area (Å²) in [6.07, 6.45) is 6.97. The molecule has 0 aromatic carbocycles. The summed E-state index contributed by atoms with van der Waals surface area (Å²) in [4.78, 5) is 16.2. The average Bonchev–Trinajstić information content (AvgIpc) is 3.06.